The average molecular weight is 368 g/mol. The molecule has 6 nitrogen and oxygen atoms in total. The van der Waals surface area contributed by atoms with Crippen molar-refractivity contribution in [3.8, 4) is 5.75 Å². The summed E-state index contributed by atoms with van der Waals surface area (Å²) in [6, 6.07) is 14.8. The molecule has 1 aliphatic heterocycles. The second-order valence-corrected chi connectivity index (χ2v) is 7.40. The number of benzene rings is 2. The molecule has 1 saturated heterocycles. The van der Waals surface area contributed by atoms with Crippen LogP contribution in [-0.4, -0.2) is 31.8 Å². The first kappa shape index (κ1) is 18.8. The summed E-state index contributed by atoms with van der Waals surface area (Å²) in [7, 11) is 0. The van der Waals surface area contributed by atoms with Crippen molar-refractivity contribution in [3.05, 3.63) is 54.1 Å². The first-order chi connectivity index (χ1) is 12.8. The summed E-state index contributed by atoms with van der Waals surface area (Å²) in [5, 5.41) is 2.80. The minimum atomic E-state index is -0.349. The molecule has 142 valence electrons. The van der Waals surface area contributed by atoms with Crippen molar-refractivity contribution in [1.29, 1.82) is 0 Å². The molecule has 6 heteroatoms. The van der Waals surface area contributed by atoms with Crippen molar-refractivity contribution in [2.75, 3.05) is 30.0 Å². The number of carbonyl (C=O) groups is 2. The summed E-state index contributed by atoms with van der Waals surface area (Å²) >= 11 is 0. The van der Waals surface area contributed by atoms with E-state index in [1.807, 2.05) is 24.3 Å². The lowest BCUT2D eigenvalue weighted by Gasteiger charge is -2.22. The summed E-state index contributed by atoms with van der Waals surface area (Å²) in [5.74, 6) is 0.468. The number of carbonyl (C=O) groups excluding carboxylic acids is 2. The molecule has 0 atom stereocenters. The second kappa shape index (κ2) is 7.70. The van der Waals surface area contributed by atoms with Gasteiger partial charge in [-0.2, -0.15) is 0 Å². The van der Waals surface area contributed by atoms with Gasteiger partial charge in [-0.3, -0.25) is 9.69 Å². The Labute approximate surface area is 159 Å². The van der Waals surface area contributed by atoms with Crippen LogP contribution in [0.2, 0.25) is 0 Å². The van der Waals surface area contributed by atoms with Crippen LogP contribution in [0.5, 0.6) is 5.75 Å². The summed E-state index contributed by atoms with van der Waals surface area (Å²) < 4.78 is 10.7. The molecule has 0 unspecified atom stereocenters. The molecule has 27 heavy (non-hydrogen) atoms. The number of amides is 2. The van der Waals surface area contributed by atoms with E-state index in [-0.39, 0.29) is 24.0 Å². The Morgan fingerprint density at radius 1 is 1.15 bits per heavy atom. The summed E-state index contributed by atoms with van der Waals surface area (Å²) in [5.41, 5.74) is 2.37. The van der Waals surface area contributed by atoms with Crippen molar-refractivity contribution in [3.63, 3.8) is 0 Å². The molecule has 0 bridgehead atoms. The van der Waals surface area contributed by atoms with Crippen LogP contribution in [0.15, 0.2) is 48.5 Å². The Morgan fingerprint density at radius 2 is 1.85 bits per heavy atom. The molecule has 0 radical (unpaired) electrons. The van der Waals surface area contributed by atoms with Gasteiger partial charge in [0.1, 0.15) is 12.4 Å². The Hall–Kier alpha value is -3.02. The van der Waals surface area contributed by atoms with E-state index in [9.17, 15) is 9.59 Å². The van der Waals surface area contributed by atoms with Gasteiger partial charge < -0.3 is 14.8 Å². The van der Waals surface area contributed by atoms with Crippen molar-refractivity contribution < 1.29 is 19.1 Å². The molecule has 2 aromatic rings. The predicted molar refractivity (Wildman–Crippen MR) is 104 cm³/mol. The molecule has 3 rings (SSSR count). The lowest BCUT2D eigenvalue weighted by atomic mass is 9.86. The van der Waals surface area contributed by atoms with Gasteiger partial charge in [0.15, 0.2) is 6.61 Å². The Morgan fingerprint density at radius 3 is 2.48 bits per heavy atom. The van der Waals surface area contributed by atoms with E-state index in [1.165, 1.54) is 0 Å². The maximum absolute atomic E-state index is 12.2. The average Bonchev–Trinajstić information content (AvgIpc) is 3.06. The van der Waals surface area contributed by atoms with E-state index in [0.29, 0.717) is 24.6 Å². The Bertz CT molecular complexity index is 825. The summed E-state index contributed by atoms with van der Waals surface area (Å²) in [6.07, 6.45) is -0.349. The van der Waals surface area contributed by atoms with E-state index >= 15 is 0 Å². The van der Waals surface area contributed by atoms with Gasteiger partial charge in [0, 0.05) is 11.4 Å². The number of para-hydroxylation sites is 1. The van der Waals surface area contributed by atoms with Gasteiger partial charge in [0.25, 0.3) is 5.91 Å². The largest absolute Gasteiger partial charge is 0.483 e. The zero-order chi connectivity index (χ0) is 19.4. The molecule has 0 aliphatic carbocycles. The molecular weight excluding hydrogens is 344 g/mol. The molecule has 1 aliphatic rings. The number of ether oxygens (including phenoxy) is 2. The summed E-state index contributed by atoms with van der Waals surface area (Å²) in [4.78, 5) is 25.3. The van der Waals surface area contributed by atoms with Crippen molar-refractivity contribution in [1.82, 2.24) is 0 Å². The number of rotatable bonds is 5. The van der Waals surface area contributed by atoms with Crippen LogP contribution in [0.4, 0.5) is 16.2 Å². The molecule has 2 amide bonds. The van der Waals surface area contributed by atoms with Gasteiger partial charge in [0.2, 0.25) is 0 Å². The maximum atomic E-state index is 12.2. The monoisotopic (exact) mass is 368 g/mol. The predicted octanol–water partition coefficient (Wildman–Crippen LogP) is 3.96. The number of hydrogen-bond acceptors (Lipinski definition) is 4. The third-order valence-electron chi connectivity index (χ3n) is 4.28. The van der Waals surface area contributed by atoms with E-state index in [4.69, 9.17) is 9.47 Å². The fourth-order valence-corrected chi connectivity index (χ4v) is 2.91. The fraction of sp³-hybridized carbons (Fsp3) is 0.333. The van der Waals surface area contributed by atoms with Crippen LogP contribution in [0.25, 0.3) is 0 Å². The van der Waals surface area contributed by atoms with E-state index in [2.05, 4.69) is 26.1 Å². The zero-order valence-corrected chi connectivity index (χ0v) is 15.8. The SMILES string of the molecule is CC(C)(C)c1ccccc1OCC(=O)Nc1ccc(N2CCOC2=O)cc1. The Kier molecular flexibility index (Phi) is 5.35. The van der Waals surface area contributed by atoms with E-state index < -0.39 is 0 Å². The first-order valence-electron chi connectivity index (χ1n) is 8.91. The van der Waals surface area contributed by atoms with Gasteiger partial charge in [0.05, 0.1) is 6.54 Å². The standard InChI is InChI=1S/C21H24N2O4/c1-21(2,3)17-6-4-5-7-18(17)27-14-19(24)22-15-8-10-16(11-9-15)23-12-13-26-20(23)25/h4-11H,12-14H2,1-3H3,(H,22,24). The lowest BCUT2D eigenvalue weighted by Crippen LogP contribution is -2.23. The van der Waals surface area contributed by atoms with E-state index in [1.54, 1.807) is 29.2 Å². The highest BCUT2D eigenvalue weighted by Gasteiger charge is 2.23. The van der Waals surface area contributed by atoms with Gasteiger partial charge in [-0.1, -0.05) is 39.0 Å². The van der Waals surface area contributed by atoms with Gasteiger partial charge in [-0.05, 0) is 41.3 Å². The molecule has 1 N–H and O–H groups in total. The topological polar surface area (TPSA) is 67.9 Å². The van der Waals surface area contributed by atoms with Crippen LogP contribution in [0.3, 0.4) is 0 Å². The lowest BCUT2D eigenvalue weighted by molar-refractivity contribution is -0.118. The Balaban J connectivity index is 1.58. The second-order valence-electron chi connectivity index (χ2n) is 7.40. The van der Waals surface area contributed by atoms with Crippen LogP contribution < -0.4 is 15.0 Å². The van der Waals surface area contributed by atoms with Gasteiger partial charge >= 0.3 is 6.09 Å². The number of nitrogens with one attached hydrogen (secondary N) is 1. The van der Waals surface area contributed by atoms with Crippen LogP contribution in [0, 0.1) is 0 Å². The quantitative estimate of drug-likeness (QED) is 0.867. The van der Waals surface area contributed by atoms with Crippen molar-refractivity contribution >= 4 is 23.4 Å². The molecule has 0 saturated carbocycles. The number of nitrogens with zero attached hydrogens (tertiary/aromatic N) is 1. The third-order valence-corrected chi connectivity index (χ3v) is 4.28. The minimum Gasteiger partial charge on any atom is -0.483 e. The highest BCUT2D eigenvalue weighted by molar-refractivity contribution is 5.93. The van der Waals surface area contributed by atoms with E-state index in [0.717, 1.165) is 11.3 Å². The molecule has 0 aromatic heterocycles. The van der Waals surface area contributed by atoms with Gasteiger partial charge in [-0.15, -0.1) is 0 Å². The molecule has 0 spiro atoms. The van der Waals surface area contributed by atoms with Crippen LogP contribution in [0.1, 0.15) is 26.3 Å². The highest BCUT2D eigenvalue weighted by Crippen LogP contribution is 2.31. The van der Waals surface area contributed by atoms with Crippen LogP contribution in [-0.2, 0) is 14.9 Å². The molecule has 2 aromatic carbocycles. The van der Waals surface area contributed by atoms with Crippen molar-refractivity contribution in [2.45, 2.75) is 26.2 Å². The highest BCUT2D eigenvalue weighted by atomic mass is 16.6. The fourth-order valence-electron chi connectivity index (χ4n) is 2.91. The number of hydrogen-bond donors (Lipinski definition) is 1. The number of cyclic esters (lactones) is 1. The molecular formula is C21H24N2O4. The summed E-state index contributed by atoms with van der Waals surface area (Å²) in [6.45, 7) is 7.16. The smallest absolute Gasteiger partial charge is 0.414 e. The minimum absolute atomic E-state index is 0.0698. The molecule has 1 heterocycles. The molecule has 1 fully saturated rings. The maximum Gasteiger partial charge on any atom is 0.414 e. The third kappa shape index (κ3) is 4.58. The van der Waals surface area contributed by atoms with Crippen molar-refractivity contribution in [2.24, 2.45) is 0 Å². The normalized spacial score (nSPS) is 14.0. The first-order valence-corrected chi connectivity index (χ1v) is 8.91. The zero-order valence-electron chi connectivity index (χ0n) is 15.8. The van der Waals surface area contributed by atoms with Gasteiger partial charge in [-0.25, -0.2) is 4.79 Å². The number of anilines is 2. The van der Waals surface area contributed by atoms with Crippen LogP contribution >= 0.6 is 0 Å².